The van der Waals surface area contributed by atoms with Crippen LogP contribution in [0.25, 0.3) is 11.5 Å². The van der Waals surface area contributed by atoms with Crippen molar-refractivity contribution in [3.05, 3.63) is 113 Å². The molecule has 0 aliphatic heterocycles. The highest BCUT2D eigenvalue weighted by Gasteiger charge is 2.16. The Hall–Kier alpha value is -2.98. The number of hydrogen-bond acceptors (Lipinski definition) is 6. The van der Waals surface area contributed by atoms with Crippen molar-refractivity contribution < 1.29 is 13.2 Å². The van der Waals surface area contributed by atoms with Gasteiger partial charge in [0, 0.05) is 34.8 Å². The van der Waals surface area contributed by atoms with Crippen LogP contribution in [0.1, 0.15) is 15.9 Å². The minimum Gasteiger partial charge on any atom is -0.378 e. The minimum absolute atomic E-state index is 0.0355. The molecule has 6 nitrogen and oxygen atoms in total. The SMILES string of the molecule is CN(C)c1ccc(/C=c2\s/c(=C\S(=O)(=O)c3ccc(Cl)cc3)n(CC(=O)c3ccc(Br)cc3)c2=O)cc1. The largest absolute Gasteiger partial charge is 0.378 e. The zero-order valence-corrected chi connectivity index (χ0v) is 23.9. The van der Waals surface area contributed by atoms with E-state index in [-0.39, 0.29) is 21.9 Å². The third kappa shape index (κ3) is 6.48. The smallest absolute Gasteiger partial charge is 0.269 e. The number of nitrogens with zero attached hydrogens (tertiary/aromatic N) is 2. The van der Waals surface area contributed by atoms with Crippen LogP contribution in [-0.2, 0) is 16.4 Å². The van der Waals surface area contributed by atoms with Crippen molar-refractivity contribution in [2.45, 2.75) is 11.4 Å². The highest BCUT2D eigenvalue weighted by atomic mass is 79.9. The fourth-order valence-corrected chi connectivity index (χ4v) is 6.37. The summed E-state index contributed by atoms with van der Waals surface area (Å²) in [7, 11) is -0.0542. The van der Waals surface area contributed by atoms with E-state index in [9.17, 15) is 18.0 Å². The van der Waals surface area contributed by atoms with Crippen LogP contribution >= 0.6 is 38.9 Å². The Balaban J connectivity index is 1.85. The van der Waals surface area contributed by atoms with Crippen molar-refractivity contribution >= 4 is 71.7 Å². The number of Topliss-reactive ketones (excluding diaryl/α,β-unsaturated/α-hetero) is 1. The van der Waals surface area contributed by atoms with E-state index in [0.717, 1.165) is 32.5 Å². The summed E-state index contributed by atoms with van der Waals surface area (Å²) in [6.45, 7) is -0.299. The van der Waals surface area contributed by atoms with Gasteiger partial charge in [-0.1, -0.05) is 51.8 Å². The van der Waals surface area contributed by atoms with Gasteiger partial charge >= 0.3 is 0 Å². The molecular weight excluding hydrogens is 596 g/mol. The monoisotopic (exact) mass is 616 g/mol. The maximum Gasteiger partial charge on any atom is 0.269 e. The van der Waals surface area contributed by atoms with Crippen LogP contribution in [0, 0.1) is 0 Å². The van der Waals surface area contributed by atoms with Crippen molar-refractivity contribution in [2.75, 3.05) is 19.0 Å². The molecule has 0 fully saturated rings. The number of carbonyl (C=O) groups excluding carboxylic acids is 1. The van der Waals surface area contributed by atoms with Crippen molar-refractivity contribution in [1.82, 2.24) is 4.57 Å². The van der Waals surface area contributed by atoms with E-state index in [2.05, 4.69) is 15.9 Å². The highest BCUT2D eigenvalue weighted by molar-refractivity contribution is 9.10. The van der Waals surface area contributed by atoms with Crippen LogP contribution in [0.5, 0.6) is 0 Å². The lowest BCUT2D eigenvalue weighted by Gasteiger charge is -2.11. The predicted molar refractivity (Wildman–Crippen MR) is 154 cm³/mol. The number of rotatable bonds is 7. The van der Waals surface area contributed by atoms with Crippen molar-refractivity contribution in [3.63, 3.8) is 0 Å². The Bertz CT molecular complexity index is 1720. The highest BCUT2D eigenvalue weighted by Crippen LogP contribution is 2.17. The predicted octanol–water partition coefficient (Wildman–Crippen LogP) is 4.32. The fraction of sp³-hybridized carbons (Fsp3) is 0.111. The Morgan fingerprint density at radius 2 is 1.62 bits per heavy atom. The first-order valence-electron chi connectivity index (χ1n) is 11.0. The molecule has 0 atom stereocenters. The zero-order chi connectivity index (χ0) is 26.7. The molecule has 4 aromatic rings. The number of halogens is 2. The third-order valence-electron chi connectivity index (χ3n) is 5.51. The minimum atomic E-state index is -3.92. The van der Waals surface area contributed by atoms with E-state index in [0.29, 0.717) is 15.1 Å². The number of anilines is 1. The van der Waals surface area contributed by atoms with Crippen LogP contribution in [0.15, 0.2) is 87.0 Å². The second-order valence-electron chi connectivity index (χ2n) is 8.37. The van der Waals surface area contributed by atoms with Gasteiger partial charge in [0.1, 0.15) is 4.66 Å². The molecule has 0 aliphatic carbocycles. The molecule has 0 radical (unpaired) electrons. The van der Waals surface area contributed by atoms with Crippen molar-refractivity contribution in [3.8, 4) is 0 Å². The number of hydrogen-bond donors (Lipinski definition) is 0. The first kappa shape index (κ1) is 27.1. The Labute approximate surface area is 231 Å². The maximum absolute atomic E-state index is 13.4. The van der Waals surface area contributed by atoms with Crippen LogP contribution in [0.3, 0.4) is 0 Å². The van der Waals surface area contributed by atoms with Gasteiger partial charge in [-0.3, -0.25) is 14.2 Å². The number of carbonyl (C=O) groups is 1. The zero-order valence-electron chi connectivity index (χ0n) is 19.9. The second kappa shape index (κ2) is 11.2. The average Bonchev–Trinajstić information content (AvgIpc) is 3.13. The summed E-state index contributed by atoms with van der Waals surface area (Å²) < 4.78 is 28.8. The molecule has 0 bridgehead atoms. The summed E-state index contributed by atoms with van der Waals surface area (Å²) in [6, 6.07) is 20.1. The van der Waals surface area contributed by atoms with Crippen LogP contribution in [0.4, 0.5) is 5.69 Å². The lowest BCUT2D eigenvalue weighted by molar-refractivity contribution is 0.0970. The summed E-state index contributed by atoms with van der Waals surface area (Å²) in [5.74, 6) is -0.312. The Kier molecular flexibility index (Phi) is 8.18. The molecule has 10 heteroatoms. The maximum atomic E-state index is 13.4. The average molecular weight is 618 g/mol. The lowest BCUT2D eigenvalue weighted by Crippen LogP contribution is -2.34. The molecule has 37 heavy (non-hydrogen) atoms. The van der Waals surface area contributed by atoms with Gasteiger partial charge in [-0.25, -0.2) is 8.42 Å². The normalized spacial score (nSPS) is 12.6. The quantitative estimate of drug-likeness (QED) is 0.289. The Morgan fingerprint density at radius 1 is 1.00 bits per heavy atom. The van der Waals surface area contributed by atoms with Gasteiger partial charge in [-0.05, 0) is 60.2 Å². The van der Waals surface area contributed by atoms with E-state index >= 15 is 0 Å². The molecule has 0 aliphatic rings. The van der Waals surface area contributed by atoms with Gasteiger partial charge in [-0.2, -0.15) is 0 Å². The molecule has 1 heterocycles. The number of sulfone groups is 1. The first-order valence-corrected chi connectivity index (χ1v) is 14.6. The molecular formula is C27H22BrClN2O4S2. The molecule has 4 rings (SSSR count). The number of ketones is 1. The summed E-state index contributed by atoms with van der Waals surface area (Å²) in [4.78, 5) is 28.4. The van der Waals surface area contributed by atoms with Crippen LogP contribution < -0.4 is 19.7 Å². The molecule has 3 aromatic carbocycles. The summed E-state index contributed by atoms with van der Waals surface area (Å²) in [5, 5.41) is 1.44. The van der Waals surface area contributed by atoms with Crippen LogP contribution in [0.2, 0.25) is 5.02 Å². The Morgan fingerprint density at radius 3 is 2.22 bits per heavy atom. The van der Waals surface area contributed by atoms with E-state index in [1.165, 1.54) is 28.8 Å². The molecule has 1 aromatic heterocycles. The fourth-order valence-electron chi connectivity index (χ4n) is 3.49. The van der Waals surface area contributed by atoms with Crippen molar-refractivity contribution in [1.29, 1.82) is 0 Å². The summed E-state index contributed by atoms with van der Waals surface area (Å²) in [5.41, 5.74) is 1.76. The topological polar surface area (TPSA) is 76.5 Å². The summed E-state index contributed by atoms with van der Waals surface area (Å²) in [6.07, 6.45) is 1.69. The number of aromatic nitrogens is 1. The van der Waals surface area contributed by atoms with Gasteiger partial charge in [0.05, 0.1) is 21.4 Å². The van der Waals surface area contributed by atoms with E-state index in [4.69, 9.17) is 11.6 Å². The lowest BCUT2D eigenvalue weighted by atomic mass is 10.1. The molecule has 190 valence electrons. The van der Waals surface area contributed by atoms with E-state index in [1.54, 1.807) is 30.3 Å². The molecule has 0 unspecified atom stereocenters. The number of thiazole rings is 1. The van der Waals surface area contributed by atoms with E-state index in [1.807, 2.05) is 43.3 Å². The van der Waals surface area contributed by atoms with E-state index < -0.39 is 15.4 Å². The molecule has 0 spiro atoms. The molecule has 0 N–H and O–H groups in total. The van der Waals surface area contributed by atoms with Gasteiger partial charge in [-0.15, -0.1) is 11.3 Å². The van der Waals surface area contributed by atoms with Crippen molar-refractivity contribution in [2.24, 2.45) is 0 Å². The van der Waals surface area contributed by atoms with Crippen LogP contribution in [-0.4, -0.2) is 32.9 Å². The van der Waals surface area contributed by atoms with Gasteiger partial charge in [0.15, 0.2) is 5.78 Å². The van der Waals surface area contributed by atoms with Gasteiger partial charge in [0.25, 0.3) is 5.56 Å². The van der Waals surface area contributed by atoms with Gasteiger partial charge in [0.2, 0.25) is 9.84 Å². The van der Waals surface area contributed by atoms with Gasteiger partial charge < -0.3 is 4.90 Å². The molecule has 0 amide bonds. The molecule has 0 saturated carbocycles. The summed E-state index contributed by atoms with van der Waals surface area (Å²) >= 11 is 10.3. The molecule has 0 saturated heterocycles. The number of benzene rings is 3. The second-order valence-corrected chi connectivity index (χ2v) is 12.6. The third-order valence-corrected chi connectivity index (χ3v) is 8.96. The first-order chi connectivity index (χ1) is 17.5. The standard InChI is InChI=1S/C27H22BrClN2O4S2/c1-30(2)22-11-3-18(4-12-22)15-25-27(33)31(16-24(32)19-5-7-20(28)8-6-19)26(36-25)17-37(34,35)23-13-9-21(29)10-14-23/h3-15,17H,16H2,1-2H3/b25-15-,26-17-.